The van der Waals surface area contributed by atoms with E-state index in [0.29, 0.717) is 36.7 Å². The zero-order valence-corrected chi connectivity index (χ0v) is 11.6. The van der Waals surface area contributed by atoms with Crippen molar-refractivity contribution < 1.29 is 14.3 Å². The third kappa shape index (κ3) is 2.98. The summed E-state index contributed by atoms with van der Waals surface area (Å²) >= 11 is 0. The molecule has 5 heteroatoms. The van der Waals surface area contributed by atoms with E-state index in [4.69, 9.17) is 15.2 Å². The Morgan fingerprint density at radius 2 is 2.21 bits per heavy atom. The highest BCUT2D eigenvalue weighted by molar-refractivity contribution is 5.99. The second-order valence-electron chi connectivity index (χ2n) is 5.29. The lowest BCUT2D eigenvalue weighted by molar-refractivity contribution is -0.0763. The van der Waals surface area contributed by atoms with Crippen LogP contribution in [0.15, 0.2) is 18.2 Å². The number of ether oxygens (including phenoxy) is 2. The number of nitrogens with two attached hydrogens (primary N) is 1. The van der Waals surface area contributed by atoms with Crippen molar-refractivity contribution in [2.45, 2.75) is 19.4 Å². The summed E-state index contributed by atoms with van der Waals surface area (Å²) in [6, 6.07) is 5.12. The molecule has 1 aromatic rings. The monoisotopic (exact) mass is 264 g/mol. The van der Waals surface area contributed by atoms with E-state index in [1.54, 1.807) is 30.2 Å². The smallest absolute Gasteiger partial charge is 0.256 e. The molecule has 19 heavy (non-hydrogen) atoms. The number of carbonyl (C=O) groups is 1. The summed E-state index contributed by atoms with van der Waals surface area (Å²) in [5.74, 6) is 0.591. The Morgan fingerprint density at radius 3 is 2.79 bits per heavy atom. The number of benzene rings is 1. The molecule has 1 amide bonds. The lowest BCUT2D eigenvalue weighted by Crippen LogP contribution is -2.50. The summed E-state index contributed by atoms with van der Waals surface area (Å²) in [5, 5.41) is 0. The summed E-state index contributed by atoms with van der Waals surface area (Å²) < 4.78 is 10.7. The quantitative estimate of drug-likeness (QED) is 0.823. The Bertz CT molecular complexity index is 486. The van der Waals surface area contributed by atoms with Crippen molar-refractivity contribution in [1.82, 2.24) is 4.90 Å². The first-order valence-electron chi connectivity index (χ1n) is 6.30. The number of methoxy groups -OCH3 is 1. The number of hydrogen-bond donors (Lipinski definition) is 1. The number of nitrogens with zero attached hydrogens (tertiary/aromatic N) is 1. The average molecular weight is 264 g/mol. The van der Waals surface area contributed by atoms with Gasteiger partial charge in [0.2, 0.25) is 0 Å². The Balaban J connectivity index is 2.20. The molecule has 5 nitrogen and oxygen atoms in total. The zero-order valence-electron chi connectivity index (χ0n) is 11.6. The topological polar surface area (TPSA) is 64.8 Å². The zero-order chi connectivity index (χ0) is 14.0. The molecular weight excluding hydrogens is 244 g/mol. The van der Waals surface area contributed by atoms with Crippen molar-refractivity contribution in [2.24, 2.45) is 0 Å². The van der Waals surface area contributed by atoms with Crippen molar-refractivity contribution in [2.75, 3.05) is 32.5 Å². The maximum absolute atomic E-state index is 12.5. The molecule has 1 aliphatic rings. The number of amides is 1. The summed E-state index contributed by atoms with van der Waals surface area (Å²) in [6.07, 6.45) is 0. The predicted molar refractivity (Wildman–Crippen MR) is 73.3 cm³/mol. The number of rotatable bonds is 2. The molecule has 0 aromatic heterocycles. The summed E-state index contributed by atoms with van der Waals surface area (Å²) in [6.45, 7) is 5.66. The van der Waals surface area contributed by atoms with Crippen LogP contribution in [0.3, 0.4) is 0 Å². The molecule has 1 aliphatic heterocycles. The summed E-state index contributed by atoms with van der Waals surface area (Å²) in [7, 11) is 1.57. The lowest BCUT2D eigenvalue weighted by atomic mass is 10.1. The van der Waals surface area contributed by atoms with E-state index in [0.717, 1.165) is 0 Å². The van der Waals surface area contributed by atoms with Crippen LogP contribution < -0.4 is 10.5 Å². The standard InChI is InChI=1S/C14H20N2O3/c1-14(2)9-16(6-7-19-14)13(17)11-5-4-10(18-3)8-12(11)15/h4-5,8H,6-7,9,15H2,1-3H3. The highest BCUT2D eigenvalue weighted by atomic mass is 16.5. The van der Waals surface area contributed by atoms with Crippen LogP contribution in [0, 0.1) is 0 Å². The van der Waals surface area contributed by atoms with Crippen molar-refractivity contribution in [3.05, 3.63) is 23.8 Å². The molecule has 1 saturated heterocycles. The molecule has 0 saturated carbocycles. The molecule has 0 atom stereocenters. The Labute approximate surface area is 113 Å². The van der Waals surface area contributed by atoms with Crippen LogP contribution in [0.1, 0.15) is 24.2 Å². The van der Waals surface area contributed by atoms with Gasteiger partial charge in [0.15, 0.2) is 0 Å². The first-order chi connectivity index (χ1) is 8.93. The maximum Gasteiger partial charge on any atom is 0.256 e. The summed E-state index contributed by atoms with van der Waals surface area (Å²) in [4.78, 5) is 14.2. The SMILES string of the molecule is COc1ccc(C(=O)N2CCOC(C)(C)C2)c(N)c1. The van der Waals surface area contributed by atoms with Gasteiger partial charge in [0, 0.05) is 24.8 Å². The van der Waals surface area contributed by atoms with Crippen LogP contribution in [0.5, 0.6) is 5.75 Å². The van der Waals surface area contributed by atoms with E-state index in [9.17, 15) is 4.79 Å². The van der Waals surface area contributed by atoms with Gasteiger partial charge in [-0.05, 0) is 26.0 Å². The van der Waals surface area contributed by atoms with Crippen molar-refractivity contribution in [1.29, 1.82) is 0 Å². The van der Waals surface area contributed by atoms with Crippen LogP contribution in [0.2, 0.25) is 0 Å². The van der Waals surface area contributed by atoms with Gasteiger partial charge in [-0.3, -0.25) is 4.79 Å². The molecule has 0 radical (unpaired) electrons. The van der Waals surface area contributed by atoms with Crippen LogP contribution in [-0.2, 0) is 4.74 Å². The molecule has 0 bridgehead atoms. The Morgan fingerprint density at radius 1 is 1.47 bits per heavy atom. The van der Waals surface area contributed by atoms with Crippen LogP contribution in [0.25, 0.3) is 0 Å². The van der Waals surface area contributed by atoms with Crippen LogP contribution in [0.4, 0.5) is 5.69 Å². The predicted octanol–water partition coefficient (Wildman–Crippen LogP) is 1.53. The largest absolute Gasteiger partial charge is 0.497 e. The molecule has 0 aliphatic carbocycles. The normalized spacial score (nSPS) is 18.2. The molecule has 1 aromatic carbocycles. The maximum atomic E-state index is 12.5. The van der Waals surface area contributed by atoms with Crippen LogP contribution >= 0.6 is 0 Å². The number of carbonyl (C=O) groups excluding carboxylic acids is 1. The van der Waals surface area contributed by atoms with E-state index >= 15 is 0 Å². The minimum Gasteiger partial charge on any atom is -0.497 e. The lowest BCUT2D eigenvalue weighted by Gasteiger charge is -2.38. The van der Waals surface area contributed by atoms with Gasteiger partial charge < -0.3 is 20.1 Å². The third-order valence-electron chi connectivity index (χ3n) is 3.20. The van der Waals surface area contributed by atoms with E-state index < -0.39 is 0 Å². The van der Waals surface area contributed by atoms with Gasteiger partial charge in [0.1, 0.15) is 5.75 Å². The van der Waals surface area contributed by atoms with Crippen LogP contribution in [-0.4, -0.2) is 43.2 Å². The molecular formula is C14H20N2O3. The van der Waals surface area contributed by atoms with Crippen molar-refractivity contribution in [3.63, 3.8) is 0 Å². The Kier molecular flexibility index (Phi) is 3.66. The molecule has 1 fully saturated rings. The molecule has 0 unspecified atom stereocenters. The first kappa shape index (κ1) is 13.7. The minimum absolute atomic E-state index is 0.0588. The Hall–Kier alpha value is -1.75. The molecule has 1 heterocycles. The average Bonchev–Trinajstić information content (AvgIpc) is 2.36. The molecule has 2 rings (SSSR count). The number of nitrogen functional groups attached to an aromatic ring is 1. The van der Waals surface area contributed by atoms with E-state index in [1.165, 1.54) is 0 Å². The van der Waals surface area contributed by atoms with E-state index in [1.807, 2.05) is 13.8 Å². The number of morpholine rings is 1. The van der Waals surface area contributed by atoms with Crippen molar-refractivity contribution >= 4 is 11.6 Å². The van der Waals surface area contributed by atoms with Gasteiger partial charge in [-0.1, -0.05) is 0 Å². The van der Waals surface area contributed by atoms with Crippen molar-refractivity contribution in [3.8, 4) is 5.75 Å². The highest BCUT2D eigenvalue weighted by Crippen LogP contribution is 2.23. The molecule has 2 N–H and O–H groups in total. The fourth-order valence-corrected chi connectivity index (χ4v) is 2.22. The number of hydrogen-bond acceptors (Lipinski definition) is 4. The van der Waals surface area contributed by atoms with Gasteiger partial charge in [-0.25, -0.2) is 0 Å². The second kappa shape index (κ2) is 5.09. The number of anilines is 1. The van der Waals surface area contributed by atoms with Gasteiger partial charge in [-0.15, -0.1) is 0 Å². The van der Waals surface area contributed by atoms with Gasteiger partial charge in [0.25, 0.3) is 5.91 Å². The fourth-order valence-electron chi connectivity index (χ4n) is 2.22. The second-order valence-corrected chi connectivity index (χ2v) is 5.29. The third-order valence-corrected chi connectivity index (χ3v) is 3.20. The first-order valence-corrected chi connectivity index (χ1v) is 6.30. The highest BCUT2D eigenvalue weighted by Gasteiger charge is 2.31. The van der Waals surface area contributed by atoms with Gasteiger partial charge >= 0.3 is 0 Å². The molecule has 0 spiro atoms. The van der Waals surface area contributed by atoms with E-state index in [-0.39, 0.29) is 11.5 Å². The van der Waals surface area contributed by atoms with Gasteiger partial charge in [0.05, 0.1) is 24.9 Å². The fraction of sp³-hybridized carbons (Fsp3) is 0.500. The minimum atomic E-state index is -0.310. The molecule has 104 valence electrons. The van der Waals surface area contributed by atoms with E-state index in [2.05, 4.69) is 0 Å². The summed E-state index contributed by atoms with van der Waals surface area (Å²) in [5.41, 5.74) is 6.55. The van der Waals surface area contributed by atoms with Gasteiger partial charge in [-0.2, -0.15) is 0 Å².